The highest BCUT2D eigenvalue weighted by Gasteiger charge is 2.14. The maximum Gasteiger partial charge on any atom is 0.251 e. The molecule has 0 saturated heterocycles. The summed E-state index contributed by atoms with van der Waals surface area (Å²) < 4.78 is 27.1. The van der Waals surface area contributed by atoms with E-state index in [9.17, 15) is 18.8 Å². The molecular weight excluding hydrogens is 322 g/mol. The smallest absolute Gasteiger partial charge is 0.251 e. The Kier molecular flexibility index (Phi) is 4.44. The molecule has 3 nitrogen and oxygen atoms in total. The molecule has 1 aliphatic heterocycles. The van der Waals surface area contributed by atoms with Gasteiger partial charge in [-0.1, -0.05) is 12.2 Å². The van der Waals surface area contributed by atoms with E-state index in [1.54, 1.807) is 31.2 Å². The summed E-state index contributed by atoms with van der Waals surface area (Å²) in [5, 5.41) is 12.0. The van der Waals surface area contributed by atoms with Gasteiger partial charge in [0.15, 0.2) is 0 Å². The van der Waals surface area contributed by atoms with Crippen molar-refractivity contribution >= 4 is 12.0 Å². The Bertz CT molecular complexity index is 948. The minimum Gasteiger partial charge on any atom is -0.349 e. The van der Waals surface area contributed by atoms with Crippen LogP contribution in [0.5, 0.6) is 0 Å². The van der Waals surface area contributed by atoms with Crippen LogP contribution in [0.3, 0.4) is 0 Å². The predicted molar refractivity (Wildman–Crippen MR) is 91.4 cm³/mol. The quantitative estimate of drug-likeness (QED) is 0.846. The molecule has 0 saturated carbocycles. The summed E-state index contributed by atoms with van der Waals surface area (Å²) >= 11 is 0. The third-order valence-electron chi connectivity index (χ3n) is 4.00. The van der Waals surface area contributed by atoms with Crippen LogP contribution in [0.15, 0.2) is 48.1 Å². The molecule has 0 spiro atoms. The number of carbonyl (C=O) groups is 1. The molecular formula is C20H14F2N2O. The zero-order chi connectivity index (χ0) is 18.0. The van der Waals surface area contributed by atoms with Gasteiger partial charge in [0.25, 0.3) is 5.91 Å². The van der Waals surface area contributed by atoms with Crippen molar-refractivity contribution in [1.82, 2.24) is 5.32 Å². The second kappa shape index (κ2) is 6.70. The van der Waals surface area contributed by atoms with Gasteiger partial charge < -0.3 is 5.32 Å². The molecule has 0 aromatic heterocycles. The Balaban J connectivity index is 2.20. The Morgan fingerprint density at radius 1 is 1.16 bits per heavy atom. The fraction of sp³-hybridized carbons (Fsp3) is 0.100. The van der Waals surface area contributed by atoms with Crippen LogP contribution in [0.2, 0.25) is 0 Å². The number of hydrogen-bond donors (Lipinski definition) is 1. The number of amides is 1. The van der Waals surface area contributed by atoms with Crippen molar-refractivity contribution < 1.29 is 13.6 Å². The van der Waals surface area contributed by atoms with Gasteiger partial charge in [-0.05, 0) is 59.5 Å². The van der Waals surface area contributed by atoms with Crippen molar-refractivity contribution in [1.29, 1.82) is 5.26 Å². The van der Waals surface area contributed by atoms with E-state index in [-0.39, 0.29) is 5.91 Å². The Labute approximate surface area is 143 Å². The number of hydrogen-bond acceptors (Lipinski definition) is 2. The normalized spacial score (nSPS) is 15.1. The van der Waals surface area contributed by atoms with Gasteiger partial charge in [0.05, 0.1) is 11.6 Å². The van der Waals surface area contributed by atoms with Gasteiger partial charge in [-0.15, -0.1) is 0 Å². The fourth-order valence-corrected chi connectivity index (χ4v) is 2.76. The van der Waals surface area contributed by atoms with Gasteiger partial charge in [-0.25, -0.2) is 8.78 Å². The molecule has 124 valence electrons. The average Bonchev–Trinajstić information content (AvgIpc) is 2.57. The van der Waals surface area contributed by atoms with Crippen LogP contribution in [0.25, 0.3) is 17.2 Å². The molecule has 1 amide bonds. The van der Waals surface area contributed by atoms with Crippen molar-refractivity contribution in [2.75, 3.05) is 6.54 Å². The minimum absolute atomic E-state index is 0.206. The maximum absolute atomic E-state index is 13.6. The number of carbonyl (C=O) groups excluding carboxylic acids is 1. The Hall–Kier alpha value is -3.26. The summed E-state index contributed by atoms with van der Waals surface area (Å²) in [4.78, 5) is 11.9. The minimum atomic E-state index is -0.689. The molecule has 0 radical (unpaired) electrons. The van der Waals surface area contributed by atoms with E-state index in [1.807, 2.05) is 12.1 Å². The van der Waals surface area contributed by atoms with Crippen molar-refractivity contribution in [2.45, 2.75) is 6.92 Å². The van der Waals surface area contributed by atoms with Gasteiger partial charge in [0, 0.05) is 18.2 Å². The lowest BCUT2D eigenvalue weighted by atomic mass is 9.92. The number of halogens is 2. The zero-order valence-electron chi connectivity index (χ0n) is 13.4. The monoisotopic (exact) mass is 336 g/mol. The lowest BCUT2D eigenvalue weighted by molar-refractivity contribution is -0.117. The summed E-state index contributed by atoms with van der Waals surface area (Å²) in [7, 11) is 0. The highest BCUT2D eigenvalue weighted by atomic mass is 19.1. The highest BCUT2D eigenvalue weighted by molar-refractivity contribution is 6.02. The lowest BCUT2D eigenvalue weighted by Gasteiger charge is -2.13. The van der Waals surface area contributed by atoms with E-state index < -0.39 is 11.6 Å². The molecule has 25 heavy (non-hydrogen) atoms. The summed E-state index contributed by atoms with van der Waals surface area (Å²) in [6.07, 6.45) is 5.19. The van der Waals surface area contributed by atoms with Crippen molar-refractivity contribution in [3.63, 3.8) is 0 Å². The standard InChI is InChI=1S/C20H14F2N2O/c1-12-15(7-14-3-2-4-24-20(14)25)5-13(11-23)6-19(12)16-8-17(21)10-18(22)9-16/h2-3,5-10H,4H2,1H3,(H,24,25)/b14-7+. The summed E-state index contributed by atoms with van der Waals surface area (Å²) in [6, 6.07) is 8.52. The molecule has 1 N–H and O–H groups in total. The van der Waals surface area contributed by atoms with Crippen LogP contribution in [0, 0.1) is 29.9 Å². The van der Waals surface area contributed by atoms with Crippen molar-refractivity contribution in [2.24, 2.45) is 0 Å². The first-order chi connectivity index (χ1) is 12.0. The fourth-order valence-electron chi connectivity index (χ4n) is 2.76. The van der Waals surface area contributed by atoms with Gasteiger partial charge >= 0.3 is 0 Å². The van der Waals surface area contributed by atoms with Gasteiger partial charge in [-0.2, -0.15) is 5.26 Å². The van der Waals surface area contributed by atoms with Gasteiger partial charge in [-0.3, -0.25) is 4.79 Å². The Morgan fingerprint density at radius 2 is 1.88 bits per heavy atom. The third kappa shape index (κ3) is 3.48. The maximum atomic E-state index is 13.6. The van der Waals surface area contributed by atoms with E-state index >= 15 is 0 Å². The summed E-state index contributed by atoms with van der Waals surface area (Å²) in [5.74, 6) is -1.58. The number of nitrogens with zero attached hydrogens (tertiary/aromatic N) is 1. The lowest BCUT2D eigenvalue weighted by Crippen LogP contribution is -2.27. The first-order valence-electron chi connectivity index (χ1n) is 7.65. The van der Waals surface area contributed by atoms with Gasteiger partial charge in [0.1, 0.15) is 11.6 Å². The summed E-state index contributed by atoms with van der Waals surface area (Å²) in [5.41, 5.74) is 3.07. The molecule has 0 unspecified atom stereocenters. The van der Waals surface area contributed by atoms with Crippen LogP contribution in [0.1, 0.15) is 16.7 Å². The second-order valence-electron chi connectivity index (χ2n) is 5.72. The first-order valence-corrected chi connectivity index (χ1v) is 7.65. The van der Waals surface area contributed by atoms with Crippen molar-refractivity contribution in [3.8, 4) is 17.2 Å². The van der Waals surface area contributed by atoms with Crippen LogP contribution >= 0.6 is 0 Å². The van der Waals surface area contributed by atoms with E-state index in [0.717, 1.165) is 11.6 Å². The van der Waals surface area contributed by atoms with E-state index in [4.69, 9.17) is 0 Å². The van der Waals surface area contributed by atoms with Gasteiger partial charge in [0.2, 0.25) is 0 Å². The summed E-state index contributed by atoms with van der Waals surface area (Å²) in [6.45, 7) is 2.26. The largest absolute Gasteiger partial charge is 0.349 e. The molecule has 0 bridgehead atoms. The second-order valence-corrected chi connectivity index (χ2v) is 5.72. The van der Waals surface area contributed by atoms with Crippen LogP contribution in [-0.4, -0.2) is 12.5 Å². The molecule has 2 aromatic rings. The van der Waals surface area contributed by atoms with E-state index in [1.165, 1.54) is 12.1 Å². The highest BCUT2D eigenvalue weighted by Crippen LogP contribution is 2.30. The van der Waals surface area contributed by atoms with Crippen LogP contribution in [-0.2, 0) is 4.79 Å². The predicted octanol–water partition coefficient (Wildman–Crippen LogP) is 3.88. The SMILES string of the molecule is Cc1c(/C=C2\C=CCNC2=O)cc(C#N)cc1-c1cc(F)cc(F)c1. The zero-order valence-corrected chi connectivity index (χ0v) is 13.4. The number of benzene rings is 2. The van der Waals surface area contributed by atoms with Crippen LogP contribution < -0.4 is 5.32 Å². The Morgan fingerprint density at radius 3 is 2.52 bits per heavy atom. The molecule has 3 rings (SSSR count). The number of nitriles is 1. The molecule has 5 heteroatoms. The van der Waals surface area contributed by atoms with Crippen LogP contribution in [0.4, 0.5) is 8.78 Å². The molecule has 1 aliphatic rings. The first kappa shape index (κ1) is 16.6. The molecule has 1 heterocycles. The van der Waals surface area contributed by atoms with E-state index in [0.29, 0.717) is 34.4 Å². The molecule has 2 aromatic carbocycles. The molecule has 0 aliphatic carbocycles. The number of rotatable bonds is 2. The van der Waals surface area contributed by atoms with Crippen molar-refractivity contribution in [3.05, 3.63) is 76.4 Å². The topological polar surface area (TPSA) is 52.9 Å². The third-order valence-corrected chi connectivity index (χ3v) is 4.00. The molecule has 0 fully saturated rings. The number of nitrogens with one attached hydrogen (secondary N) is 1. The molecule has 0 atom stereocenters. The average molecular weight is 336 g/mol. The van der Waals surface area contributed by atoms with E-state index in [2.05, 4.69) is 5.32 Å².